The summed E-state index contributed by atoms with van der Waals surface area (Å²) in [7, 11) is 0. The van der Waals surface area contributed by atoms with E-state index in [0.29, 0.717) is 17.8 Å². The zero-order chi connectivity index (χ0) is 24.9. The number of fused-ring (bicyclic) bond motifs is 1. The van der Waals surface area contributed by atoms with E-state index in [4.69, 9.17) is 5.53 Å². The van der Waals surface area contributed by atoms with Crippen LogP contribution in [-0.2, 0) is 6.42 Å². The summed E-state index contributed by atoms with van der Waals surface area (Å²) in [6.07, 6.45) is 5.56. The Morgan fingerprint density at radius 3 is 2.58 bits per heavy atom. The number of nitrogens with zero attached hydrogens (tertiary/aromatic N) is 6. The van der Waals surface area contributed by atoms with Gasteiger partial charge < -0.3 is 10.2 Å². The molecule has 2 fully saturated rings. The van der Waals surface area contributed by atoms with Crippen molar-refractivity contribution in [3.63, 3.8) is 0 Å². The number of hydrogen-bond donors (Lipinski definition) is 1. The molecule has 0 atom stereocenters. The number of nitrogens with one attached hydrogen (secondary N) is 1. The smallest absolute Gasteiger partial charge is 0.0381 e. The van der Waals surface area contributed by atoms with E-state index in [1.807, 2.05) is 12.1 Å². The largest absolute Gasteiger partial charge is 0.371 e. The van der Waals surface area contributed by atoms with Crippen molar-refractivity contribution in [3.05, 3.63) is 69.6 Å². The zero-order valence-corrected chi connectivity index (χ0v) is 21.7. The lowest BCUT2D eigenvalue weighted by atomic mass is 10.0. The van der Waals surface area contributed by atoms with E-state index in [1.165, 1.54) is 61.4 Å². The van der Waals surface area contributed by atoms with Gasteiger partial charge in [-0.1, -0.05) is 35.5 Å². The molecule has 0 aromatic heterocycles. The molecule has 5 rings (SSSR count). The lowest BCUT2D eigenvalue weighted by Crippen LogP contribution is -2.51. The third-order valence-corrected chi connectivity index (χ3v) is 8.08. The predicted molar refractivity (Wildman–Crippen MR) is 150 cm³/mol. The van der Waals surface area contributed by atoms with Crippen molar-refractivity contribution >= 4 is 23.0 Å². The van der Waals surface area contributed by atoms with Crippen molar-refractivity contribution < 1.29 is 0 Å². The monoisotopic (exact) mass is 485 g/mol. The van der Waals surface area contributed by atoms with Crippen molar-refractivity contribution in [1.82, 2.24) is 15.1 Å². The van der Waals surface area contributed by atoms with Crippen LogP contribution in [0, 0.1) is 0 Å². The van der Waals surface area contributed by atoms with Crippen molar-refractivity contribution in [2.75, 3.05) is 57.3 Å². The quantitative estimate of drug-likeness (QED) is 0.313. The molecule has 0 radical (unpaired) electrons. The summed E-state index contributed by atoms with van der Waals surface area (Å²) in [6, 6.07) is 16.2. The molecule has 7 heteroatoms. The summed E-state index contributed by atoms with van der Waals surface area (Å²) < 4.78 is 0. The van der Waals surface area contributed by atoms with Gasteiger partial charge in [0.15, 0.2) is 0 Å². The first-order valence-electron chi connectivity index (χ1n) is 13.5. The van der Waals surface area contributed by atoms with E-state index in [0.717, 1.165) is 38.2 Å². The van der Waals surface area contributed by atoms with Crippen molar-refractivity contribution in [2.24, 2.45) is 5.11 Å². The molecule has 2 aromatic carbocycles. The number of azide groups is 1. The van der Waals surface area contributed by atoms with Gasteiger partial charge >= 0.3 is 0 Å². The highest BCUT2D eigenvalue weighted by atomic mass is 15.3. The van der Waals surface area contributed by atoms with Crippen molar-refractivity contribution in [1.29, 1.82) is 0 Å². The topological polar surface area (TPSA) is 70.5 Å². The van der Waals surface area contributed by atoms with Gasteiger partial charge in [-0.15, -0.1) is 0 Å². The van der Waals surface area contributed by atoms with Gasteiger partial charge in [0.1, 0.15) is 0 Å². The Hall–Kier alpha value is -2.83. The molecule has 0 spiro atoms. The van der Waals surface area contributed by atoms with Gasteiger partial charge in [0.2, 0.25) is 0 Å². The highest BCUT2D eigenvalue weighted by Gasteiger charge is 2.22. The molecule has 2 aliphatic heterocycles. The molecule has 1 N–H and O–H groups in total. The lowest BCUT2D eigenvalue weighted by Gasteiger charge is -2.37. The summed E-state index contributed by atoms with van der Waals surface area (Å²) >= 11 is 0. The minimum absolute atomic E-state index is 0.624. The molecule has 190 valence electrons. The van der Waals surface area contributed by atoms with Crippen LogP contribution in [0.1, 0.15) is 43.4 Å². The highest BCUT2D eigenvalue weighted by Crippen LogP contribution is 2.35. The fourth-order valence-electron chi connectivity index (χ4n) is 5.80. The third kappa shape index (κ3) is 5.93. The number of anilines is 1. The number of allylic oxidation sites excluding steroid dienone is 1. The van der Waals surface area contributed by atoms with Gasteiger partial charge in [-0.3, -0.25) is 9.80 Å². The molecule has 2 saturated heterocycles. The summed E-state index contributed by atoms with van der Waals surface area (Å²) in [5, 5.41) is 7.58. The normalized spacial score (nSPS) is 19.3. The molecule has 7 nitrogen and oxygen atoms in total. The fourth-order valence-corrected chi connectivity index (χ4v) is 5.80. The zero-order valence-electron chi connectivity index (χ0n) is 21.7. The van der Waals surface area contributed by atoms with Gasteiger partial charge in [0, 0.05) is 80.7 Å². The Labute approximate surface area is 215 Å². The van der Waals surface area contributed by atoms with Gasteiger partial charge in [-0.2, -0.15) is 0 Å². The number of benzene rings is 2. The molecule has 1 aliphatic carbocycles. The van der Waals surface area contributed by atoms with Crippen LogP contribution < -0.4 is 10.2 Å². The second-order valence-corrected chi connectivity index (χ2v) is 10.7. The van der Waals surface area contributed by atoms with Crippen LogP contribution in [-0.4, -0.2) is 74.2 Å². The van der Waals surface area contributed by atoms with Crippen LogP contribution in [0.15, 0.2) is 47.6 Å². The molecule has 2 aromatic rings. The average molecular weight is 486 g/mol. The van der Waals surface area contributed by atoms with Crippen LogP contribution in [0.25, 0.3) is 22.1 Å². The number of piperazine rings is 1. The van der Waals surface area contributed by atoms with E-state index < -0.39 is 0 Å². The molecule has 0 unspecified atom stereocenters. The minimum Gasteiger partial charge on any atom is -0.371 e. The van der Waals surface area contributed by atoms with Gasteiger partial charge in [-0.25, -0.2) is 0 Å². The maximum absolute atomic E-state index is 8.72. The predicted octanol–water partition coefficient (Wildman–Crippen LogP) is 5.31. The Morgan fingerprint density at radius 2 is 1.83 bits per heavy atom. The maximum atomic E-state index is 8.72. The molecule has 0 saturated carbocycles. The van der Waals surface area contributed by atoms with Gasteiger partial charge in [-0.05, 0) is 79.1 Å². The summed E-state index contributed by atoms with van der Waals surface area (Å²) in [5.74, 6) is 0. The number of rotatable bonds is 8. The first-order chi connectivity index (χ1) is 17.6. The molecule has 36 heavy (non-hydrogen) atoms. The van der Waals surface area contributed by atoms with E-state index in [1.54, 1.807) is 0 Å². The summed E-state index contributed by atoms with van der Waals surface area (Å²) in [5.41, 5.74) is 15.8. The molecule has 2 heterocycles. The van der Waals surface area contributed by atoms with Crippen molar-refractivity contribution in [2.45, 2.75) is 45.2 Å². The number of hydrogen-bond acceptors (Lipinski definition) is 5. The second-order valence-electron chi connectivity index (χ2n) is 10.7. The number of piperidine rings is 1. The minimum atomic E-state index is 0.624. The maximum Gasteiger partial charge on any atom is 0.0381 e. The SMILES string of the molecule is CC(C)N1CCN(CCNC2CCN(c3cccc(C4=Cc5cc(N=[N+]=[N-])ccc5C4)c3)CC2)CC1. The molecular formula is C29H39N7. The van der Waals surface area contributed by atoms with E-state index in [-0.39, 0.29) is 0 Å². The fraction of sp³-hybridized carbons (Fsp3) is 0.517. The van der Waals surface area contributed by atoms with E-state index in [9.17, 15) is 0 Å². The Balaban J connectivity index is 1.10. The summed E-state index contributed by atoms with van der Waals surface area (Å²) in [4.78, 5) is 10.6. The van der Waals surface area contributed by atoms with Crippen LogP contribution in [0.3, 0.4) is 0 Å². The Bertz CT molecular complexity index is 1120. The van der Waals surface area contributed by atoms with Crippen LogP contribution in [0.2, 0.25) is 0 Å². The summed E-state index contributed by atoms with van der Waals surface area (Å²) in [6.45, 7) is 13.9. The lowest BCUT2D eigenvalue weighted by molar-refractivity contribution is 0.108. The third-order valence-electron chi connectivity index (χ3n) is 8.08. The Morgan fingerprint density at radius 1 is 1.03 bits per heavy atom. The van der Waals surface area contributed by atoms with Crippen LogP contribution in [0.4, 0.5) is 11.4 Å². The molecule has 0 bridgehead atoms. The van der Waals surface area contributed by atoms with Gasteiger partial charge in [0.05, 0.1) is 0 Å². The first kappa shape index (κ1) is 24.8. The highest BCUT2D eigenvalue weighted by molar-refractivity contribution is 5.89. The molecular weight excluding hydrogens is 446 g/mol. The van der Waals surface area contributed by atoms with E-state index in [2.05, 4.69) is 80.3 Å². The average Bonchev–Trinajstić information content (AvgIpc) is 3.33. The van der Waals surface area contributed by atoms with Crippen molar-refractivity contribution in [3.8, 4) is 0 Å². The van der Waals surface area contributed by atoms with Gasteiger partial charge in [0.25, 0.3) is 0 Å². The molecule has 3 aliphatic rings. The first-order valence-corrected chi connectivity index (χ1v) is 13.5. The van der Waals surface area contributed by atoms with Crippen LogP contribution in [0.5, 0.6) is 0 Å². The standard InChI is InChI=1S/C29H39N7/c1-22(2)35-16-14-34(15-17-35)13-10-31-27-8-11-36(12-9-27)29-5-3-4-23(21-29)25-18-24-6-7-28(32-33-30)20-26(24)19-25/h3-7,19-22,27,31H,8-18H2,1-2H3. The second kappa shape index (κ2) is 11.5. The Kier molecular flexibility index (Phi) is 7.93. The van der Waals surface area contributed by atoms with Crippen LogP contribution >= 0.6 is 0 Å². The molecule has 0 amide bonds. The van der Waals surface area contributed by atoms with E-state index >= 15 is 0 Å².